The van der Waals surface area contributed by atoms with Gasteiger partial charge in [0.1, 0.15) is 0 Å². The van der Waals surface area contributed by atoms with E-state index in [4.69, 9.17) is 11.6 Å². The molecule has 1 fully saturated rings. The smallest absolute Gasteiger partial charge is 0.0451 e. The number of nitrogens with zero attached hydrogens (tertiary/aromatic N) is 1. The first-order chi connectivity index (χ1) is 9.56. The number of piperidine rings is 1. The molecule has 2 rings (SSSR count). The average molecular weight is 360 g/mol. The number of hydrogen-bond donors (Lipinski definition) is 1. The Bertz CT molecular complexity index is 430. The first-order valence-corrected chi connectivity index (χ1v) is 8.62. The third-order valence-corrected chi connectivity index (χ3v) is 4.92. The molecule has 0 aromatic heterocycles. The lowest BCUT2D eigenvalue weighted by molar-refractivity contribution is 0.162. The van der Waals surface area contributed by atoms with E-state index in [1.807, 2.05) is 12.1 Å². The normalized spacial score (nSPS) is 17.1. The van der Waals surface area contributed by atoms with Crippen LogP contribution in [-0.4, -0.2) is 30.6 Å². The highest BCUT2D eigenvalue weighted by Gasteiger charge is 2.19. The molecule has 1 N–H and O–H groups in total. The van der Waals surface area contributed by atoms with E-state index in [2.05, 4.69) is 46.1 Å². The number of nitrogens with one attached hydrogen (secondary N) is 1. The monoisotopic (exact) mass is 358 g/mol. The first kappa shape index (κ1) is 16.3. The van der Waals surface area contributed by atoms with Gasteiger partial charge >= 0.3 is 0 Å². The fourth-order valence-electron chi connectivity index (χ4n) is 2.74. The predicted molar refractivity (Wildman–Crippen MR) is 90.3 cm³/mol. The summed E-state index contributed by atoms with van der Waals surface area (Å²) in [5.41, 5.74) is 1.21. The Morgan fingerprint density at radius 1 is 1.35 bits per heavy atom. The Kier molecular flexibility index (Phi) is 6.34. The molecule has 0 bridgehead atoms. The van der Waals surface area contributed by atoms with Gasteiger partial charge in [-0.1, -0.05) is 27.5 Å². The molecule has 112 valence electrons. The largest absolute Gasteiger partial charge is 0.317 e. The number of hydrogen-bond acceptors (Lipinski definition) is 2. The lowest BCUT2D eigenvalue weighted by Crippen LogP contribution is -2.39. The third-order valence-electron chi connectivity index (χ3n) is 4.06. The second kappa shape index (κ2) is 7.79. The van der Waals surface area contributed by atoms with E-state index in [9.17, 15) is 0 Å². The number of halogens is 2. The molecule has 2 nitrogen and oxygen atoms in total. The minimum absolute atomic E-state index is 0.542. The molecular formula is C16H24BrClN2. The fraction of sp³-hybridized carbons (Fsp3) is 0.625. The van der Waals surface area contributed by atoms with Gasteiger partial charge in [0.2, 0.25) is 0 Å². The van der Waals surface area contributed by atoms with Crippen LogP contribution in [0.25, 0.3) is 0 Å². The van der Waals surface area contributed by atoms with Gasteiger partial charge in [-0.05, 0) is 69.5 Å². The van der Waals surface area contributed by atoms with E-state index in [-0.39, 0.29) is 0 Å². The quantitative estimate of drug-likeness (QED) is 0.842. The number of benzene rings is 1. The van der Waals surface area contributed by atoms with Crippen LogP contribution in [0, 0.1) is 5.92 Å². The van der Waals surface area contributed by atoms with Crippen molar-refractivity contribution in [3.05, 3.63) is 33.3 Å². The van der Waals surface area contributed by atoms with Crippen LogP contribution < -0.4 is 5.32 Å². The van der Waals surface area contributed by atoms with Crippen LogP contribution >= 0.6 is 27.5 Å². The molecule has 1 aromatic carbocycles. The van der Waals surface area contributed by atoms with Crippen molar-refractivity contribution in [2.45, 2.75) is 39.3 Å². The molecule has 0 aliphatic carbocycles. The topological polar surface area (TPSA) is 15.3 Å². The molecule has 0 saturated carbocycles. The SMILES string of the molecule is CC(C)N(Cc1cc(Br)ccc1Cl)CC1CCNCC1. The van der Waals surface area contributed by atoms with E-state index in [0.29, 0.717) is 6.04 Å². The van der Waals surface area contributed by atoms with Crippen molar-refractivity contribution >= 4 is 27.5 Å². The minimum atomic E-state index is 0.542. The molecule has 20 heavy (non-hydrogen) atoms. The van der Waals surface area contributed by atoms with Gasteiger partial charge in [-0.15, -0.1) is 0 Å². The van der Waals surface area contributed by atoms with Gasteiger partial charge in [0.05, 0.1) is 0 Å². The van der Waals surface area contributed by atoms with Gasteiger partial charge < -0.3 is 5.32 Å². The van der Waals surface area contributed by atoms with Crippen molar-refractivity contribution < 1.29 is 0 Å². The van der Waals surface area contributed by atoms with E-state index in [0.717, 1.165) is 35.0 Å². The summed E-state index contributed by atoms with van der Waals surface area (Å²) >= 11 is 9.87. The third kappa shape index (κ3) is 4.73. The molecule has 1 heterocycles. The molecule has 0 atom stereocenters. The first-order valence-electron chi connectivity index (χ1n) is 7.45. The molecule has 0 amide bonds. The Balaban J connectivity index is 2.02. The Hall–Kier alpha value is -0.0900. The summed E-state index contributed by atoms with van der Waals surface area (Å²) in [6.07, 6.45) is 2.57. The van der Waals surface area contributed by atoms with E-state index in [1.165, 1.54) is 24.9 Å². The van der Waals surface area contributed by atoms with Crippen molar-refractivity contribution in [1.82, 2.24) is 10.2 Å². The fourth-order valence-corrected chi connectivity index (χ4v) is 3.32. The zero-order valence-electron chi connectivity index (χ0n) is 12.3. The summed E-state index contributed by atoms with van der Waals surface area (Å²) in [4.78, 5) is 2.55. The molecule has 1 aliphatic heterocycles. The van der Waals surface area contributed by atoms with Crippen LogP contribution in [0.4, 0.5) is 0 Å². The van der Waals surface area contributed by atoms with Crippen molar-refractivity contribution in [1.29, 1.82) is 0 Å². The van der Waals surface area contributed by atoms with Crippen molar-refractivity contribution in [3.63, 3.8) is 0 Å². The van der Waals surface area contributed by atoms with Crippen LogP contribution in [0.2, 0.25) is 5.02 Å². The molecular weight excluding hydrogens is 336 g/mol. The van der Waals surface area contributed by atoms with Gasteiger partial charge in [-0.2, -0.15) is 0 Å². The summed E-state index contributed by atoms with van der Waals surface area (Å²) in [5, 5.41) is 4.30. The summed E-state index contributed by atoms with van der Waals surface area (Å²) in [6.45, 7) is 8.96. The Morgan fingerprint density at radius 2 is 2.05 bits per heavy atom. The second-order valence-electron chi connectivity index (χ2n) is 5.95. The van der Waals surface area contributed by atoms with Crippen LogP contribution in [-0.2, 0) is 6.54 Å². The highest BCUT2D eigenvalue weighted by Crippen LogP contribution is 2.24. The van der Waals surface area contributed by atoms with Crippen LogP contribution in [0.1, 0.15) is 32.3 Å². The van der Waals surface area contributed by atoms with Gasteiger partial charge in [-0.25, -0.2) is 0 Å². The molecule has 0 radical (unpaired) electrons. The molecule has 1 saturated heterocycles. The van der Waals surface area contributed by atoms with Crippen molar-refractivity contribution in [2.24, 2.45) is 5.92 Å². The van der Waals surface area contributed by atoms with Crippen molar-refractivity contribution in [3.8, 4) is 0 Å². The average Bonchev–Trinajstić information content (AvgIpc) is 2.43. The van der Waals surface area contributed by atoms with Gasteiger partial charge in [0.15, 0.2) is 0 Å². The molecule has 1 aliphatic rings. The van der Waals surface area contributed by atoms with Gasteiger partial charge in [-0.3, -0.25) is 4.90 Å². The summed E-state index contributed by atoms with van der Waals surface area (Å²) < 4.78 is 1.10. The van der Waals surface area contributed by atoms with E-state index >= 15 is 0 Å². The van der Waals surface area contributed by atoms with Crippen LogP contribution in [0.5, 0.6) is 0 Å². The van der Waals surface area contributed by atoms with Gasteiger partial charge in [0, 0.05) is 28.6 Å². The minimum Gasteiger partial charge on any atom is -0.317 e. The lowest BCUT2D eigenvalue weighted by Gasteiger charge is -2.33. The predicted octanol–water partition coefficient (Wildman–Crippen LogP) is 4.31. The van der Waals surface area contributed by atoms with Crippen LogP contribution in [0.3, 0.4) is 0 Å². The zero-order chi connectivity index (χ0) is 14.5. The highest BCUT2D eigenvalue weighted by molar-refractivity contribution is 9.10. The van der Waals surface area contributed by atoms with Crippen LogP contribution in [0.15, 0.2) is 22.7 Å². The zero-order valence-corrected chi connectivity index (χ0v) is 14.7. The summed E-state index contributed by atoms with van der Waals surface area (Å²) in [5.74, 6) is 0.810. The maximum absolute atomic E-state index is 6.33. The maximum Gasteiger partial charge on any atom is 0.0451 e. The molecule has 0 unspecified atom stereocenters. The maximum atomic E-state index is 6.33. The van der Waals surface area contributed by atoms with Crippen molar-refractivity contribution in [2.75, 3.05) is 19.6 Å². The van der Waals surface area contributed by atoms with E-state index < -0.39 is 0 Å². The Morgan fingerprint density at radius 3 is 2.70 bits per heavy atom. The highest BCUT2D eigenvalue weighted by atomic mass is 79.9. The molecule has 4 heteroatoms. The summed E-state index contributed by atoms with van der Waals surface area (Å²) in [7, 11) is 0. The molecule has 0 spiro atoms. The second-order valence-corrected chi connectivity index (χ2v) is 7.28. The van der Waals surface area contributed by atoms with Gasteiger partial charge in [0.25, 0.3) is 0 Å². The number of rotatable bonds is 5. The lowest BCUT2D eigenvalue weighted by atomic mass is 9.96. The van der Waals surface area contributed by atoms with E-state index in [1.54, 1.807) is 0 Å². The Labute approximate surface area is 136 Å². The molecule has 1 aromatic rings. The standard InChI is InChI=1S/C16H24BrClN2/c1-12(2)20(10-13-5-7-19-8-6-13)11-14-9-15(17)3-4-16(14)18/h3-4,9,12-13,19H,5-8,10-11H2,1-2H3. The summed E-state index contributed by atoms with van der Waals surface area (Å²) in [6, 6.07) is 6.66.